The van der Waals surface area contributed by atoms with Gasteiger partial charge in [-0.1, -0.05) is 144 Å². The molecule has 1 aliphatic heterocycles. The van der Waals surface area contributed by atoms with E-state index in [4.69, 9.17) is 59.2 Å². The van der Waals surface area contributed by atoms with Gasteiger partial charge in [0.1, 0.15) is 5.82 Å². The smallest absolute Gasteiger partial charge is 0.263 e. The molecule has 1 aromatic heterocycles. The summed E-state index contributed by atoms with van der Waals surface area (Å²) in [5.41, 5.74) is 7.18. The summed E-state index contributed by atoms with van der Waals surface area (Å²) >= 11 is 21.3. The first-order chi connectivity index (χ1) is 25.9. The van der Waals surface area contributed by atoms with Gasteiger partial charge in [-0.25, -0.2) is 15.0 Å². The molecule has 260 valence electrons. The number of aromatic nitrogens is 2. The van der Waals surface area contributed by atoms with E-state index in [-0.39, 0.29) is 0 Å². The van der Waals surface area contributed by atoms with Crippen LogP contribution in [-0.2, 0) is 5.79 Å². The van der Waals surface area contributed by atoms with Gasteiger partial charge in [-0.05, 0) is 42.5 Å². The first kappa shape index (κ1) is 34.4. The fourth-order valence-electron chi connectivity index (χ4n) is 6.75. The number of hydrogen-bond donors (Lipinski definition) is 0. The van der Waals surface area contributed by atoms with Crippen LogP contribution >= 0.6 is 34.8 Å². The first-order valence-corrected chi connectivity index (χ1v) is 18.0. The minimum atomic E-state index is -1.56. The van der Waals surface area contributed by atoms with E-state index in [1.54, 1.807) is 14.2 Å². The second kappa shape index (κ2) is 14.4. The van der Waals surface area contributed by atoms with Crippen LogP contribution in [0.4, 0.5) is 0 Å². The van der Waals surface area contributed by atoms with Gasteiger partial charge in [0.05, 0.1) is 52.1 Å². The van der Waals surface area contributed by atoms with E-state index >= 15 is 0 Å². The minimum Gasteiger partial charge on any atom is -0.493 e. The van der Waals surface area contributed by atoms with Crippen LogP contribution in [0.2, 0.25) is 15.1 Å². The van der Waals surface area contributed by atoms with E-state index in [0.717, 1.165) is 28.1 Å². The lowest BCUT2D eigenvalue weighted by atomic mass is 9.99. The van der Waals surface area contributed by atoms with Crippen LogP contribution in [0.5, 0.6) is 11.5 Å². The van der Waals surface area contributed by atoms with Crippen molar-refractivity contribution < 1.29 is 9.47 Å². The van der Waals surface area contributed by atoms with Gasteiger partial charge in [-0.2, -0.15) is 0 Å². The molecule has 0 bridgehead atoms. The zero-order chi connectivity index (χ0) is 36.5. The van der Waals surface area contributed by atoms with E-state index in [1.807, 2.05) is 140 Å². The summed E-state index contributed by atoms with van der Waals surface area (Å²) in [6, 6.07) is 48.7. The molecule has 0 fully saturated rings. The van der Waals surface area contributed by atoms with Crippen molar-refractivity contribution in [2.24, 2.45) is 9.98 Å². The highest BCUT2D eigenvalue weighted by Crippen LogP contribution is 2.49. The fourth-order valence-corrected chi connectivity index (χ4v) is 7.46. The number of methoxy groups -OCH3 is 2. The highest BCUT2D eigenvalue weighted by Gasteiger charge is 2.46. The number of imidazole rings is 1. The normalized spacial score (nSPS) is 15.2. The SMILES string of the molecule is COc1ccc(C2=NC(c3ccccc3Cl)(n3c(-c4ccccc4Cl)nc(-c4ccccc4)c3-c3ccccc3)N=C2c2ccccc2Cl)cc1OC. The molecule has 1 atom stereocenters. The Kier molecular flexibility index (Phi) is 9.35. The predicted octanol–water partition coefficient (Wildman–Crippen LogP) is 11.5. The highest BCUT2D eigenvalue weighted by molar-refractivity contribution is 6.56. The minimum absolute atomic E-state index is 0.464. The maximum atomic E-state index is 7.24. The zero-order valence-electron chi connectivity index (χ0n) is 28.7. The van der Waals surface area contributed by atoms with Crippen molar-refractivity contribution >= 4 is 46.2 Å². The summed E-state index contributed by atoms with van der Waals surface area (Å²) in [7, 11) is 3.21. The molecule has 0 saturated heterocycles. The summed E-state index contributed by atoms with van der Waals surface area (Å²) < 4.78 is 13.4. The predicted molar refractivity (Wildman–Crippen MR) is 216 cm³/mol. The van der Waals surface area contributed by atoms with Crippen molar-refractivity contribution in [3.63, 3.8) is 0 Å². The van der Waals surface area contributed by atoms with E-state index in [0.29, 0.717) is 60.5 Å². The summed E-state index contributed by atoms with van der Waals surface area (Å²) in [6.07, 6.45) is 0. The number of ether oxygens (including phenoxy) is 2. The second-order valence-corrected chi connectivity index (χ2v) is 13.5. The third-order valence-corrected chi connectivity index (χ3v) is 10.2. The summed E-state index contributed by atoms with van der Waals surface area (Å²) in [5, 5.41) is 1.50. The van der Waals surface area contributed by atoms with Crippen molar-refractivity contribution in [2.45, 2.75) is 5.79 Å². The Hall–Kier alpha value is -5.66. The molecule has 0 spiro atoms. The number of halogens is 3. The molecule has 0 saturated carbocycles. The van der Waals surface area contributed by atoms with Crippen LogP contribution in [-0.4, -0.2) is 35.2 Å². The van der Waals surface area contributed by atoms with Crippen LogP contribution < -0.4 is 9.47 Å². The molecule has 0 aliphatic carbocycles. The molecule has 7 aromatic rings. The molecule has 53 heavy (non-hydrogen) atoms. The van der Waals surface area contributed by atoms with Gasteiger partial charge in [0.2, 0.25) is 0 Å². The van der Waals surface area contributed by atoms with Crippen molar-refractivity contribution in [3.8, 4) is 45.4 Å². The first-order valence-electron chi connectivity index (χ1n) is 16.8. The molecule has 0 N–H and O–H groups in total. The van der Waals surface area contributed by atoms with Crippen LogP contribution in [0, 0.1) is 0 Å². The number of benzene rings is 6. The molecule has 6 nitrogen and oxygen atoms in total. The van der Waals surface area contributed by atoms with E-state index < -0.39 is 5.79 Å². The molecular formula is C44H31Cl3N4O2. The Morgan fingerprint density at radius 2 is 1.06 bits per heavy atom. The van der Waals surface area contributed by atoms with E-state index in [9.17, 15) is 0 Å². The lowest BCUT2D eigenvalue weighted by Gasteiger charge is -2.30. The lowest BCUT2D eigenvalue weighted by Crippen LogP contribution is -2.31. The van der Waals surface area contributed by atoms with Crippen LogP contribution in [0.25, 0.3) is 33.9 Å². The van der Waals surface area contributed by atoms with E-state index in [2.05, 4.69) is 16.7 Å². The third kappa shape index (κ3) is 6.09. The van der Waals surface area contributed by atoms with Crippen molar-refractivity contribution in [1.29, 1.82) is 0 Å². The average molecular weight is 754 g/mol. The molecule has 6 aromatic carbocycles. The highest BCUT2D eigenvalue weighted by atomic mass is 35.5. The molecular weight excluding hydrogens is 723 g/mol. The number of aliphatic imine (C=N–C) groups is 2. The van der Waals surface area contributed by atoms with Gasteiger partial charge >= 0.3 is 0 Å². The Labute approximate surface area is 322 Å². The average Bonchev–Trinajstić information content (AvgIpc) is 3.80. The van der Waals surface area contributed by atoms with Crippen molar-refractivity contribution in [3.05, 3.63) is 183 Å². The topological polar surface area (TPSA) is 61.0 Å². The Morgan fingerprint density at radius 3 is 1.68 bits per heavy atom. The summed E-state index contributed by atoms with van der Waals surface area (Å²) in [5.74, 6) is 0.109. The molecule has 0 amide bonds. The third-order valence-electron chi connectivity index (χ3n) is 9.18. The molecule has 0 radical (unpaired) electrons. The van der Waals surface area contributed by atoms with Gasteiger partial charge in [-0.15, -0.1) is 0 Å². The lowest BCUT2D eigenvalue weighted by molar-refractivity contribution is 0.355. The second-order valence-electron chi connectivity index (χ2n) is 12.3. The summed E-state index contributed by atoms with van der Waals surface area (Å²) in [4.78, 5) is 16.8. The Bertz CT molecular complexity index is 2530. The summed E-state index contributed by atoms with van der Waals surface area (Å²) in [6.45, 7) is 0. The van der Waals surface area contributed by atoms with Crippen LogP contribution in [0.3, 0.4) is 0 Å². The molecule has 8 rings (SSSR count). The van der Waals surface area contributed by atoms with Crippen molar-refractivity contribution in [1.82, 2.24) is 9.55 Å². The van der Waals surface area contributed by atoms with Gasteiger partial charge in [0.15, 0.2) is 11.5 Å². The van der Waals surface area contributed by atoms with Gasteiger partial charge in [0.25, 0.3) is 5.79 Å². The van der Waals surface area contributed by atoms with Crippen molar-refractivity contribution in [2.75, 3.05) is 14.2 Å². The molecule has 1 aliphatic rings. The molecule has 1 unspecified atom stereocenters. The quantitative estimate of drug-likeness (QED) is 0.147. The molecule has 9 heteroatoms. The van der Waals surface area contributed by atoms with Gasteiger partial charge in [-0.3, -0.25) is 4.57 Å². The Morgan fingerprint density at radius 1 is 0.509 bits per heavy atom. The number of nitrogens with zero attached hydrogens (tertiary/aromatic N) is 4. The van der Waals surface area contributed by atoms with Gasteiger partial charge < -0.3 is 9.47 Å². The molecule has 2 heterocycles. The maximum absolute atomic E-state index is 7.24. The monoisotopic (exact) mass is 752 g/mol. The fraction of sp³-hybridized carbons (Fsp3) is 0.0682. The van der Waals surface area contributed by atoms with Gasteiger partial charge in [0, 0.05) is 33.4 Å². The number of hydrogen-bond acceptors (Lipinski definition) is 5. The van der Waals surface area contributed by atoms with Crippen LogP contribution in [0.15, 0.2) is 162 Å². The zero-order valence-corrected chi connectivity index (χ0v) is 30.9. The number of rotatable bonds is 9. The largest absolute Gasteiger partial charge is 0.493 e. The standard InChI is InChI=1S/C44H31Cl3N4O2/c1-52-37-26-25-30(27-38(37)53-2)39-41(31-19-9-12-22-34(31)45)50-44(49-39,33-21-11-14-24-36(33)47)51-42(29-17-7-4-8-18-29)40(28-15-5-3-6-16-28)48-43(51)32-20-10-13-23-35(32)46/h3-27H,1-2H3. The Balaban J connectivity index is 1.58. The van der Waals surface area contributed by atoms with E-state index in [1.165, 1.54) is 0 Å². The van der Waals surface area contributed by atoms with Crippen LogP contribution in [0.1, 0.15) is 16.7 Å². The maximum Gasteiger partial charge on any atom is 0.263 e.